The molecule has 0 saturated carbocycles. The number of fused-ring (bicyclic) bond motifs is 1. The molecule has 4 fully saturated rings. The van der Waals surface area contributed by atoms with Crippen molar-refractivity contribution in [2.75, 3.05) is 59.1 Å². The Balaban J connectivity index is 1.40. The van der Waals surface area contributed by atoms with E-state index < -0.39 is 47.7 Å². The molecule has 4 heterocycles. The predicted molar refractivity (Wildman–Crippen MR) is 191 cm³/mol. The number of hydrogen-bond donors (Lipinski definition) is 2. The van der Waals surface area contributed by atoms with Crippen LogP contribution in [0.1, 0.15) is 70.0 Å². The van der Waals surface area contributed by atoms with E-state index in [1.54, 1.807) is 28.9 Å². The molecule has 51 heavy (non-hydrogen) atoms. The maximum atomic E-state index is 14.7. The molecule has 0 unspecified atom stereocenters. The lowest BCUT2D eigenvalue weighted by Gasteiger charge is -2.37. The quantitative estimate of drug-likeness (QED) is 0.119. The SMILES string of the molecule is C=CCCC(=O)N[C@H](C)[C@@H](OC(=O)[C@@H]1[C@@H]2CC[C@]3(O2)[C@H](C(=O)N(CC=C)CCN2CCOCC2)N(CCCCCCO)C(=O)[C@@H]13)c1ccccc1. The van der Waals surface area contributed by atoms with Crippen molar-refractivity contribution in [2.24, 2.45) is 11.8 Å². The van der Waals surface area contributed by atoms with Gasteiger partial charge in [-0.1, -0.05) is 55.3 Å². The van der Waals surface area contributed by atoms with Gasteiger partial charge in [-0.2, -0.15) is 0 Å². The molecule has 4 aliphatic rings. The van der Waals surface area contributed by atoms with Gasteiger partial charge >= 0.3 is 5.97 Å². The highest BCUT2D eigenvalue weighted by Crippen LogP contribution is 2.59. The van der Waals surface area contributed by atoms with Crippen molar-refractivity contribution in [2.45, 2.75) is 88.2 Å². The highest BCUT2D eigenvalue weighted by atomic mass is 16.6. The molecule has 1 aromatic carbocycles. The smallest absolute Gasteiger partial charge is 0.313 e. The van der Waals surface area contributed by atoms with E-state index in [9.17, 15) is 24.3 Å². The predicted octanol–water partition coefficient (Wildman–Crippen LogP) is 3.02. The minimum Gasteiger partial charge on any atom is -0.455 e. The van der Waals surface area contributed by atoms with Crippen molar-refractivity contribution in [3.05, 3.63) is 61.2 Å². The topological polar surface area (TPSA) is 138 Å². The molecule has 4 saturated heterocycles. The van der Waals surface area contributed by atoms with Crippen LogP contribution < -0.4 is 5.32 Å². The summed E-state index contributed by atoms with van der Waals surface area (Å²) < 4.78 is 18.5. The highest BCUT2D eigenvalue weighted by molar-refractivity contribution is 5.98. The zero-order chi connectivity index (χ0) is 36.4. The Hall–Kier alpha value is -3.58. The van der Waals surface area contributed by atoms with Gasteiger partial charge in [0.15, 0.2) is 0 Å². The van der Waals surface area contributed by atoms with E-state index in [1.807, 2.05) is 30.3 Å². The second kappa shape index (κ2) is 18.3. The normalized spacial score (nSPS) is 26.7. The van der Waals surface area contributed by atoms with Gasteiger partial charge in [0, 0.05) is 52.3 Å². The molecular weight excluding hydrogens is 652 g/mol. The molecule has 280 valence electrons. The number of hydrogen-bond acceptors (Lipinski definition) is 9. The van der Waals surface area contributed by atoms with Crippen molar-refractivity contribution in [1.29, 1.82) is 0 Å². The summed E-state index contributed by atoms with van der Waals surface area (Å²) in [6.07, 6.45) is 6.75. The number of rotatable bonds is 20. The number of amides is 3. The third kappa shape index (κ3) is 8.73. The molecule has 4 aliphatic heterocycles. The maximum Gasteiger partial charge on any atom is 0.313 e. The number of unbranched alkanes of at least 4 members (excludes halogenated alkanes) is 3. The molecule has 7 atom stereocenters. The Morgan fingerprint density at radius 2 is 1.84 bits per heavy atom. The number of allylic oxidation sites excluding steroid dienone is 1. The molecule has 2 bridgehead atoms. The van der Waals surface area contributed by atoms with Crippen molar-refractivity contribution in [1.82, 2.24) is 20.0 Å². The zero-order valence-electron chi connectivity index (χ0n) is 30.1. The first-order valence-electron chi connectivity index (χ1n) is 18.7. The molecule has 5 rings (SSSR count). The van der Waals surface area contributed by atoms with Crippen LogP contribution in [0.2, 0.25) is 0 Å². The monoisotopic (exact) mass is 708 g/mol. The highest BCUT2D eigenvalue weighted by Gasteiger charge is 2.75. The molecule has 0 aromatic heterocycles. The summed E-state index contributed by atoms with van der Waals surface area (Å²) in [6.45, 7) is 14.2. The number of benzene rings is 1. The number of aliphatic hydroxyl groups is 1. The van der Waals surface area contributed by atoms with Crippen LogP contribution in [0.3, 0.4) is 0 Å². The van der Waals surface area contributed by atoms with Gasteiger partial charge in [0.2, 0.25) is 17.7 Å². The van der Waals surface area contributed by atoms with Crippen LogP contribution in [0.5, 0.6) is 0 Å². The lowest BCUT2D eigenvalue weighted by atomic mass is 9.70. The van der Waals surface area contributed by atoms with Gasteiger partial charge in [-0.3, -0.25) is 24.1 Å². The first-order chi connectivity index (χ1) is 24.7. The van der Waals surface area contributed by atoms with Crippen LogP contribution in [-0.2, 0) is 33.4 Å². The van der Waals surface area contributed by atoms with Gasteiger partial charge in [0.25, 0.3) is 0 Å². The number of nitrogens with zero attached hydrogens (tertiary/aromatic N) is 3. The van der Waals surface area contributed by atoms with Gasteiger partial charge < -0.3 is 34.4 Å². The van der Waals surface area contributed by atoms with Gasteiger partial charge in [-0.25, -0.2) is 0 Å². The van der Waals surface area contributed by atoms with E-state index in [0.29, 0.717) is 71.5 Å². The first-order valence-corrected chi connectivity index (χ1v) is 18.7. The van der Waals surface area contributed by atoms with Crippen molar-refractivity contribution in [3.8, 4) is 0 Å². The first kappa shape index (κ1) is 38.6. The fourth-order valence-corrected chi connectivity index (χ4v) is 8.34. The third-order valence-corrected chi connectivity index (χ3v) is 10.9. The largest absolute Gasteiger partial charge is 0.455 e. The van der Waals surface area contributed by atoms with Gasteiger partial charge in [0.05, 0.1) is 37.2 Å². The zero-order valence-corrected chi connectivity index (χ0v) is 30.1. The molecule has 2 N–H and O–H groups in total. The van der Waals surface area contributed by atoms with E-state index in [-0.39, 0.29) is 30.7 Å². The number of aliphatic hydroxyl groups excluding tert-OH is 1. The molecule has 1 spiro atoms. The second-order valence-electron chi connectivity index (χ2n) is 14.2. The van der Waals surface area contributed by atoms with E-state index in [4.69, 9.17) is 14.2 Å². The Morgan fingerprint density at radius 1 is 1.10 bits per heavy atom. The number of carbonyl (C=O) groups is 4. The van der Waals surface area contributed by atoms with Crippen LogP contribution in [0, 0.1) is 11.8 Å². The summed E-state index contributed by atoms with van der Waals surface area (Å²) in [5, 5.41) is 12.2. The summed E-state index contributed by atoms with van der Waals surface area (Å²) in [4.78, 5) is 62.0. The Labute approximate surface area is 302 Å². The van der Waals surface area contributed by atoms with Crippen molar-refractivity contribution < 1.29 is 38.5 Å². The molecule has 1 aromatic rings. The number of esters is 1. The van der Waals surface area contributed by atoms with Crippen LogP contribution in [0.15, 0.2) is 55.6 Å². The molecule has 12 nitrogen and oxygen atoms in total. The van der Waals surface area contributed by atoms with Crippen molar-refractivity contribution >= 4 is 23.7 Å². The van der Waals surface area contributed by atoms with E-state index in [0.717, 1.165) is 31.5 Å². The number of carbonyl (C=O) groups excluding carboxylic acids is 4. The summed E-state index contributed by atoms with van der Waals surface area (Å²) >= 11 is 0. The summed E-state index contributed by atoms with van der Waals surface area (Å²) in [7, 11) is 0. The van der Waals surface area contributed by atoms with Gasteiger partial charge in [0.1, 0.15) is 17.7 Å². The third-order valence-electron chi connectivity index (χ3n) is 10.9. The summed E-state index contributed by atoms with van der Waals surface area (Å²) in [6, 6.07) is 7.83. The lowest BCUT2D eigenvalue weighted by Crippen LogP contribution is -2.57. The fourth-order valence-electron chi connectivity index (χ4n) is 8.34. The minimum absolute atomic E-state index is 0.106. The standard InChI is InChI=1S/C39H56N4O8/c1-4-6-16-31(45)40-28(3)34(29-14-10-9-11-15-29)50-38(48)32-30-17-18-39(51-30)33(32)36(46)43(20-12-7-8-13-25-44)35(39)37(47)42(19-5-2)22-21-41-23-26-49-27-24-41/h4-5,9-11,14-15,28,30,32-35,44H,1-2,6-8,12-13,16-27H2,3H3,(H,40,45)/t28-,30+,32-,33-,34-,35+,39-/m1/s1. The Kier molecular flexibility index (Phi) is 13.8. The molecule has 12 heteroatoms. The van der Waals surface area contributed by atoms with Crippen LogP contribution in [0.25, 0.3) is 0 Å². The van der Waals surface area contributed by atoms with Crippen LogP contribution in [0.4, 0.5) is 0 Å². The maximum absolute atomic E-state index is 14.7. The lowest BCUT2D eigenvalue weighted by molar-refractivity contribution is -0.162. The van der Waals surface area contributed by atoms with Crippen LogP contribution in [-0.4, -0.2) is 126 Å². The fraction of sp³-hybridized carbons (Fsp3) is 0.641. The minimum atomic E-state index is -1.15. The summed E-state index contributed by atoms with van der Waals surface area (Å²) in [5.74, 6) is -2.95. The van der Waals surface area contributed by atoms with Crippen LogP contribution >= 0.6 is 0 Å². The number of likely N-dealkylation sites (tertiary alicyclic amines) is 1. The van der Waals surface area contributed by atoms with E-state index in [1.165, 1.54) is 0 Å². The van der Waals surface area contributed by atoms with E-state index >= 15 is 0 Å². The van der Waals surface area contributed by atoms with Gasteiger partial charge in [-0.05, 0) is 44.6 Å². The Morgan fingerprint density at radius 3 is 2.55 bits per heavy atom. The van der Waals surface area contributed by atoms with Crippen molar-refractivity contribution in [3.63, 3.8) is 0 Å². The molecule has 0 aliphatic carbocycles. The molecular formula is C39H56N4O8. The second-order valence-corrected chi connectivity index (χ2v) is 14.2. The number of ether oxygens (including phenoxy) is 3. The number of nitrogens with one attached hydrogen (secondary N) is 1. The molecule has 0 radical (unpaired) electrons. The number of morpholine rings is 1. The summed E-state index contributed by atoms with van der Waals surface area (Å²) in [5.41, 5.74) is -0.435. The molecule has 3 amide bonds. The van der Waals surface area contributed by atoms with E-state index in [2.05, 4.69) is 23.4 Å². The Bertz CT molecular complexity index is 1370. The average molecular weight is 709 g/mol. The van der Waals surface area contributed by atoms with Gasteiger partial charge in [-0.15, -0.1) is 13.2 Å². The average Bonchev–Trinajstić information content (AvgIpc) is 3.79.